The normalized spacial score (nSPS) is 25.5. The van der Waals surface area contributed by atoms with Gasteiger partial charge in [0, 0.05) is 24.0 Å². The number of Topliss-reactive ketones (excluding diaryl/α,β-unsaturated/α-hetero) is 1. The number of hydrogen-bond acceptors (Lipinski definition) is 5. The average Bonchev–Trinajstić information content (AvgIpc) is 3.51. The van der Waals surface area contributed by atoms with Gasteiger partial charge in [0.1, 0.15) is 5.70 Å². The Kier molecular flexibility index (Phi) is 5.51. The SMILES string of the molecule is CCC(=O)C1(C2CC2)ONC(C(=O)NC2CCNCC2)=C1Cc1ccccc1. The van der Waals surface area contributed by atoms with Gasteiger partial charge in [-0.05, 0) is 50.8 Å². The number of hydrogen-bond donors (Lipinski definition) is 3. The van der Waals surface area contributed by atoms with Crippen LogP contribution < -0.4 is 16.1 Å². The van der Waals surface area contributed by atoms with Crippen molar-refractivity contribution in [2.45, 2.75) is 57.1 Å². The summed E-state index contributed by atoms with van der Waals surface area (Å²) in [5.74, 6) is 0.0395. The molecular weight excluding hydrogens is 354 g/mol. The Labute approximate surface area is 166 Å². The number of benzene rings is 1. The smallest absolute Gasteiger partial charge is 0.269 e. The zero-order valence-corrected chi connectivity index (χ0v) is 16.4. The fourth-order valence-corrected chi connectivity index (χ4v) is 4.40. The molecule has 1 saturated carbocycles. The molecule has 0 bridgehead atoms. The van der Waals surface area contributed by atoms with E-state index < -0.39 is 5.60 Å². The van der Waals surface area contributed by atoms with E-state index in [2.05, 4.69) is 16.1 Å². The second kappa shape index (κ2) is 8.05. The van der Waals surface area contributed by atoms with Gasteiger partial charge in [-0.3, -0.25) is 19.9 Å². The summed E-state index contributed by atoms with van der Waals surface area (Å²) in [5, 5.41) is 6.45. The topological polar surface area (TPSA) is 79.5 Å². The van der Waals surface area contributed by atoms with Crippen LogP contribution in [-0.2, 0) is 20.8 Å². The van der Waals surface area contributed by atoms with Gasteiger partial charge in [-0.15, -0.1) is 0 Å². The van der Waals surface area contributed by atoms with E-state index in [-0.39, 0.29) is 23.7 Å². The van der Waals surface area contributed by atoms with Crippen molar-refractivity contribution in [1.29, 1.82) is 0 Å². The van der Waals surface area contributed by atoms with Gasteiger partial charge in [0.2, 0.25) is 0 Å². The average molecular weight is 383 g/mol. The van der Waals surface area contributed by atoms with Crippen LogP contribution in [0.2, 0.25) is 0 Å². The summed E-state index contributed by atoms with van der Waals surface area (Å²) < 4.78 is 0. The predicted molar refractivity (Wildman–Crippen MR) is 106 cm³/mol. The van der Waals surface area contributed by atoms with E-state index >= 15 is 0 Å². The lowest BCUT2D eigenvalue weighted by Crippen LogP contribution is -2.44. The molecule has 0 aromatic heterocycles. The van der Waals surface area contributed by atoms with E-state index in [9.17, 15) is 9.59 Å². The van der Waals surface area contributed by atoms with Gasteiger partial charge >= 0.3 is 0 Å². The number of hydroxylamine groups is 1. The Morgan fingerprint density at radius 3 is 2.50 bits per heavy atom. The van der Waals surface area contributed by atoms with Crippen molar-refractivity contribution >= 4 is 11.7 Å². The number of carbonyl (C=O) groups excluding carboxylic acids is 2. The molecule has 1 aromatic carbocycles. The molecule has 2 heterocycles. The summed E-state index contributed by atoms with van der Waals surface area (Å²) in [6.45, 7) is 3.68. The summed E-state index contributed by atoms with van der Waals surface area (Å²) in [7, 11) is 0. The minimum absolute atomic E-state index is 0.0538. The van der Waals surface area contributed by atoms with Crippen molar-refractivity contribution in [2.75, 3.05) is 13.1 Å². The first-order valence-corrected chi connectivity index (χ1v) is 10.4. The predicted octanol–water partition coefficient (Wildman–Crippen LogP) is 2.01. The van der Waals surface area contributed by atoms with Gasteiger partial charge in [0.25, 0.3) is 5.91 Å². The molecule has 1 atom stereocenters. The van der Waals surface area contributed by atoms with Gasteiger partial charge in [-0.25, -0.2) is 0 Å². The van der Waals surface area contributed by atoms with Gasteiger partial charge in [0.15, 0.2) is 11.4 Å². The second-order valence-corrected chi connectivity index (χ2v) is 8.00. The molecule has 6 nitrogen and oxygen atoms in total. The van der Waals surface area contributed by atoms with Crippen LogP contribution in [-0.4, -0.2) is 36.4 Å². The molecule has 4 rings (SSSR count). The first-order chi connectivity index (χ1) is 13.6. The number of amides is 1. The fraction of sp³-hybridized carbons (Fsp3) is 0.545. The summed E-state index contributed by atoms with van der Waals surface area (Å²) in [6.07, 6.45) is 4.65. The number of carbonyl (C=O) groups is 2. The molecule has 1 amide bonds. The van der Waals surface area contributed by atoms with Crippen LogP contribution in [0.25, 0.3) is 0 Å². The number of nitrogens with one attached hydrogen (secondary N) is 3. The zero-order valence-electron chi connectivity index (χ0n) is 16.4. The molecule has 3 aliphatic rings. The van der Waals surface area contributed by atoms with Crippen LogP contribution in [0.5, 0.6) is 0 Å². The van der Waals surface area contributed by atoms with E-state index in [1.807, 2.05) is 37.3 Å². The third-order valence-corrected chi connectivity index (χ3v) is 6.08. The Morgan fingerprint density at radius 2 is 1.86 bits per heavy atom. The van der Waals surface area contributed by atoms with Gasteiger partial charge in [0.05, 0.1) is 0 Å². The Bertz CT molecular complexity index is 766. The summed E-state index contributed by atoms with van der Waals surface area (Å²) in [6, 6.07) is 10.1. The van der Waals surface area contributed by atoms with Crippen molar-refractivity contribution in [3.8, 4) is 0 Å². The van der Waals surface area contributed by atoms with Crippen molar-refractivity contribution in [2.24, 2.45) is 5.92 Å². The lowest BCUT2D eigenvalue weighted by atomic mass is 9.79. The molecule has 1 aliphatic carbocycles. The van der Waals surface area contributed by atoms with Crippen molar-refractivity contribution in [1.82, 2.24) is 16.1 Å². The van der Waals surface area contributed by atoms with E-state index in [1.165, 1.54) is 0 Å². The van der Waals surface area contributed by atoms with Crippen LogP contribution in [0.4, 0.5) is 0 Å². The quantitative estimate of drug-likeness (QED) is 0.671. The standard InChI is InChI=1S/C22H29N3O3/c1-2-19(26)22(16-8-9-16)18(14-15-6-4-3-5-7-15)20(25-28-22)21(27)24-17-10-12-23-13-11-17/h3-7,16-17,23,25H,2,8-14H2,1H3,(H,24,27). The first kappa shape index (κ1) is 19.2. The largest absolute Gasteiger partial charge is 0.348 e. The van der Waals surface area contributed by atoms with Crippen LogP contribution in [0.1, 0.15) is 44.6 Å². The molecule has 0 spiro atoms. The van der Waals surface area contributed by atoms with Crippen molar-refractivity contribution in [3.63, 3.8) is 0 Å². The maximum atomic E-state index is 13.1. The molecule has 28 heavy (non-hydrogen) atoms. The number of ketones is 1. The highest BCUT2D eigenvalue weighted by Gasteiger charge is 2.58. The van der Waals surface area contributed by atoms with Crippen LogP contribution in [0.15, 0.2) is 41.6 Å². The van der Waals surface area contributed by atoms with E-state index in [0.29, 0.717) is 18.5 Å². The Morgan fingerprint density at radius 1 is 1.14 bits per heavy atom. The molecule has 2 aliphatic heterocycles. The number of piperidine rings is 1. The maximum Gasteiger partial charge on any atom is 0.269 e. The lowest BCUT2D eigenvalue weighted by molar-refractivity contribution is -0.146. The maximum absolute atomic E-state index is 13.1. The van der Waals surface area contributed by atoms with E-state index in [1.54, 1.807) is 0 Å². The molecular formula is C22H29N3O3. The van der Waals surface area contributed by atoms with Crippen LogP contribution in [0.3, 0.4) is 0 Å². The van der Waals surface area contributed by atoms with E-state index in [4.69, 9.17) is 4.84 Å². The number of rotatable bonds is 7. The molecule has 150 valence electrons. The summed E-state index contributed by atoms with van der Waals surface area (Å²) in [4.78, 5) is 32.1. The monoisotopic (exact) mass is 383 g/mol. The van der Waals surface area contributed by atoms with Crippen molar-refractivity contribution < 1.29 is 14.4 Å². The van der Waals surface area contributed by atoms with Gasteiger partial charge < -0.3 is 10.6 Å². The molecule has 1 saturated heterocycles. The summed E-state index contributed by atoms with van der Waals surface area (Å²) >= 11 is 0. The summed E-state index contributed by atoms with van der Waals surface area (Å²) in [5.41, 5.74) is 4.16. The fourth-order valence-electron chi connectivity index (χ4n) is 4.40. The van der Waals surface area contributed by atoms with Crippen LogP contribution in [0, 0.1) is 5.92 Å². The minimum atomic E-state index is -1.01. The minimum Gasteiger partial charge on any atom is -0.348 e. The molecule has 1 unspecified atom stereocenters. The Balaban J connectivity index is 1.67. The highest BCUT2D eigenvalue weighted by Crippen LogP contribution is 2.50. The second-order valence-electron chi connectivity index (χ2n) is 8.00. The molecule has 6 heteroatoms. The highest BCUT2D eigenvalue weighted by atomic mass is 16.7. The molecule has 2 fully saturated rings. The van der Waals surface area contributed by atoms with Crippen LogP contribution >= 0.6 is 0 Å². The van der Waals surface area contributed by atoms with Crippen molar-refractivity contribution in [3.05, 3.63) is 47.2 Å². The van der Waals surface area contributed by atoms with E-state index in [0.717, 1.165) is 49.9 Å². The molecule has 3 N–H and O–H groups in total. The highest BCUT2D eigenvalue weighted by molar-refractivity contribution is 5.99. The zero-order chi connectivity index (χ0) is 19.6. The Hall–Kier alpha value is -2.18. The third-order valence-electron chi connectivity index (χ3n) is 6.08. The van der Waals surface area contributed by atoms with Gasteiger partial charge in [-0.2, -0.15) is 0 Å². The first-order valence-electron chi connectivity index (χ1n) is 10.4. The molecule has 0 radical (unpaired) electrons. The van der Waals surface area contributed by atoms with Gasteiger partial charge in [-0.1, -0.05) is 37.3 Å². The molecule has 1 aromatic rings. The third kappa shape index (κ3) is 3.59. The lowest BCUT2D eigenvalue weighted by Gasteiger charge is -2.28.